The van der Waals surface area contributed by atoms with Crippen LogP contribution in [0.2, 0.25) is 0 Å². The molecule has 3 rings (SSSR count). The molecule has 0 aromatic heterocycles. The van der Waals surface area contributed by atoms with Crippen LogP contribution in [0.25, 0.3) is 11.1 Å². The van der Waals surface area contributed by atoms with Crippen molar-refractivity contribution in [1.82, 2.24) is 5.32 Å². The van der Waals surface area contributed by atoms with Crippen molar-refractivity contribution >= 4 is 11.6 Å². The summed E-state index contributed by atoms with van der Waals surface area (Å²) >= 11 is 0. The minimum Gasteiger partial charge on any atom is -0.382 e. The van der Waals surface area contributed by atoms with Crippen molar-refractivity contribution in [1.29, 1.82) is 0 Å². The van der Waals surface area contributed by atoms with Gasteiger partial charge in [0, 0.05) is 18.8 Å². The van der Waals surface area contributed by atoms with Crippen LogP contribution < -0.4 is 10.6 Å². The van der Waals surface area contributed by atoms with Crippen molar-refractivity contribution in [3.05, 3.63) is 53.6 Å². The van der Waals surface area contributed by atoms with E-state index in [4.69, 9.17) is 0 Å². The van der Waals surface area contributed by atoms with E-state index < -0.39 is 0 Å². The van der Waals surface area contributed by atoms with E-state index >= 15 is 0 Å². The maximum Gasteiger partial charge on any atom is 0.253 e. The molecule has 26 heavy (non-hydrogen) atoms. The number of hydrogen-bond acceptors (Lipinski definition) is 2. The summed E-state index contributed by atoms with van der Waals surface area (Å²) < 4.78 is 0. The van der Waals surface area contributed by atoms with Gasteiger partial charge in [-0.15, -0.1) is 0 Å². The molecule has 0 aliphatic heterocycles. The van der Waals surface area contributed by atoms with E-state index in [9.17, 15) is 4.79 Å². The first-order chi connectivity index (χ1) is 12.6. The number of nitrogens with one attached hydrogen (secondary N) is 2. The molecule has 0 radical (unpaired) electrons. The molecule has 3 nitrogen and oxygen atoms in total. The number of benzene rings is 2. The van der Waals surface area contributed by atoms with Crippen molar-refractivity contribution in [2.75, 3.05) is 12.4 Å². The zero-order valence-corrected chi connectivity index (χ0v) is 16.1. The van der Waals surface area contributed by atoms with E-state index in [2.05, 4.69) is 60.9 Å². The summed E-state index contributed by atoms with van der Waals surface area (Å²) in [6.45, 7) is 4.40. The quantitative estimate of drug-likeness (QED) is 0.739. The largest absolute Gasteiger partial charge is 0.382 e. The first kappa shape index (κ1) is 18.5. The molecule has 1 fully saturated rings. The third-order valence-corrected chi connectivity index (χ3v) is 5.37. The maximum absolute atomic E-state index is 12.5. The lowest BCUT2D eigenvalue weighted by molar-refractivity contribution is 0.0964. The van der Waals surface area contributed by atoms with Gasteiger partial charge >= 0.3 is 0 Å². The van der Waals surface area contributed by atoms with Gasteiger partial charge in [0.15, 0.2) is 0 Å². The second kappa shape index (κ2) is 8.39. The molecule has 0 heterocycles. The Morgan fingerprint density at radius 1 is 0.962 bits per heavy atom. The van der Waals surface area contributed by atoms with E-state index in [0.717, 1.165) is 22.4 Å². The summed E-state index contributed by atoms with van der Waals surface area (Å²) in [4.78, 5) is 12.5. The van der Waals surface area contributed by atoms with E-state index in [0.29, 0.717) is 12.0 Å². The summed E-state index contributed by atoms with van der Waals surface area (Å²) in [6, 6.07) is 15.3. The van der Waals surface area contributed by atoms with Gasteiger partial charge in [-0.25, -0.2) is 0 Å². The Morgan fingerprint density at radius 2 is 1.62 bits per heavy atom. The van der Waals surface area contributed by atoms with Gasteiger partial charge in [-0.1, -0.05) is 63.4 Å². The number of carbonyl (C=O) groups is 1. The van der Waals surface area contributed by atoms with Gasteiger partial charge in [-0.3, -0.25) is 4.79 Å². The highest BCUT2D eigenvalue weighted by Crippen LogP contribution is 2.29. The third kappa shape index (κ3) is 4.27. The minimum atomic E-state index is -0.0380. The molecule has 1 saturated carbocycles. The lowest BCUT2D eigenvalue weighted by atomic mass is 9.94. The molecule has 0 bridgehead atoms. The fourth-order valence-corrected chi connectivity index (χ4v) is 3.70. The number of anilines is 1. The number of carbonyl (C=O) groups excluding carboxylic acids is 1. The molecule has 0 spiro atoms. The highest BCUT2D eigenvalue weighted by atomic mass is 16.1. The predicted octanol–water partition coefficient (Wildman–Crippen LogP) is 5.58. The van der Waals surface area contributed by atoms with Gasteiger partial charge in [0.05, 0.1) is 5.56 Å². The van der Waals surface area contributed by atoms with E-state index in [1.807, 2.05) is 6.07 Å². The Balaban J connectivity index is 1.89. The van der Waals surface area contributed by atoms with Crippen LogP contribution in [0.3, 0.4) is 0 Å². The first-order valence-corrected chi connectivity index (χ1v) is 9.81. The molecule has 1 aliphatic rings. The highest BCUT2D eigenvalue weighted by molar-refractivity contribution is 6.00. The zero-order valence-electron chi connectivity index (χ0n) is 16.1. The highest BCUT2D eigenvalue weighted by Gasteiger charge is 2.17. The summed E-state index contributed by atoms with van der Waals surface area (Å²) in [7, 11) is 1.69. The van der Waals surface area contributed by atoms with Crippen LogP contribution in [0.4, 0.5) is 5.69 Å². The van der Waals surface area contributed by atoms with E-state index in [1.165, 1.54) is 37.7 Å². The topological polar surface area (TPSA) is 41.1 Å². The van der Waals surface area contributed by atoms with Gasteiger partial charge in [0.25, 0.3) is 5.91 Å². The molecular formula is C23H30N2O. The summed E-state index contributed by atoms with van der Waals surface area (Å²) in [5.41, 5.74) is 5.22. The van der Waals surface area contributed by atoms with Crippen molar-refractivity contribution in [2.24, 2.45) is 0 Å². The molecule has 1 aliphatic carbocycles. The maximum atomic E-state index is 12.5. The monoisotopic (exact) mass is 350 g/mol. The molecule has 3 heteroatoms. The third-order valence-electron chi connectivity index (χ3n) is 5.37. The standard InChI is InChI=1S/C23H30N2O/c1-16(2)17-9-11-18(12-10-17)19-13-14-22(21(15-19)23(26)24-3)25-20-7-5-4-6-8-20/h9-16,20,25H,4-8H2,1-3H3,(H,24,26). The molecule has 2 aromatic rings. The van der Waals surface area contributed by atoms with Crippen LogP contribution in [0.15, 0.2) is 42.5 Å². The molecule has 0 saturated heterocycles. The van der Waals surface area contributed by atoms with Crippen molar-refractivity contribution < 1.29 is 4.79 Å². The molecule has 0 unspecified atom stereocenters. The predicted molar refractivity (Wildman–Crippen MR) is 110 cm³/mol. The van der Waals surface area contributed by atoms with Gasteiger partial charge < -0.3 is 10.6 Å². The zero-order chi connectivity index (χ0) is 18.5. The van der Waals surface area contributed by atoms with Crippen LogP contribution in [0.1, 0.15) is 67.8 Å². The number of amides is 1. The van der Waals surface area contributed by atoms with Crippen LogP contribution >= 0.6 is 0 Å². The second-order valence-electron chi connectivity index (χ2n) is 7.60. The summed E-state index contributed by atoms with van der Waals surface area (Å²) in [6.07, 6.45) is 6.24. The lowest BCUT2D eigenvalue weighted by Gasteiger charge is -2.25. The van der Waals surface area contributed by atoms with Gasteiger partial charge in [0.2, 0.25) is 0 Å². The van der Waals surface area contributed by atoms with Crippen molar-refractivity contribution in [3.63, 3.8) is 0 Å². The molecule has 0 atom stereocenters. The average molecular weight is 351 g/mol. The van der Waals surface area contributed by atoms with Crippen molar-refractivity contribution in [3.8, 4) is 11.1 Å². The Bertz CT molecular complexity index is 743. The molecule has 2 N–H and O–H groups in total. The van der Waals surface area contributed by atoms with E-state index in [-0.39, 0.29) is 5.91 Å². The SMILES string of the molecule is CNC(=O)c1cc(-c2ccc(C(C)C)cc2)ccc1NC1CCCCC1. The van der Waals surface area contributed by atoms with Crippen LogP contribution in [0.5, 0.6) is 0 Å². The normalized spacial score (nSPS) is 15.1. The average Bonchev–Trinajstić information content (AvgIpc) is 2.68. The lowest BCUT2D eigenvalue weighted by Crippen LogP contribution is -2.25. The molecule has 2 aromatic carbocycles. The van der Waals surface area contributed by atoms with Crippen LogP contribution in [-0.4, -0.2) is 19.0 Å². The van der Waals surface area contributed by atoms with E-state index in [1.54, 1.807) is 7.05 Å². The fourth-order valence-electron chi connectivity index (χ4n) is 3.70. The number of rotatable bonds is 5. The molecular weight excluding hydrogens is 320 g/mol. The van der Waals surface area contributed by atoms with Gasteiger partial charge in [0.1, 0.15) is 0 Å². The summed E-state index contributed by atoms with van der Waals surface area (Å²) in [5.74, 6) is 0.483. The van der Waals surface area contributed by atoms with Crippen molar-refractivity contribution in [2.45, 2.75) is 57.9 Å². The molecule has 1 amide bonds. The first-order valence-electron chi connectivity index (χ1n) is 9.81. The van der Waals surface area contributed by atoms with Crippen LogP contribution in [0, 0.1) is 0 Å². The fraction of sp³-hybridized carbons (Fsp3) is 0.435. The molecule has 138 valence electrons. The Labute approximate surface area is 157 Å². The Morgan fingerprint density at radius 3 is 2.23 bits per heavy atom. The Kier molecular flexibility index (Phi) is 5.97. The van der Waals surface area contributed by atoms with Gasteiger partial charge in [-0.2, -0.15) is 0 Å². The Hall–Kier alpha value is -2.29. The number of hydrogen-bond donors (Lipinski definition) is 2. The van der Waals surface area contributed by atoms with Gasteiger partial charge in [-0.05, 0) is 47.6 Å². The smallest absolute Gasteiger partial charge is 0.253 e. The summed E-state index contributed by atoms with van der Waals surface area (Å²) in [5, 5.41) is 6.39. The minimum absolute atomic E-state index is 0.0380. The van der Waals surface area contributed by atoms with Crippen LogP contribution in [-0.2, 0) is 0 Å². The second-order valence-corrected chi connectivity index (χ2v) is 7.60.